The van der Waals surface area contributed by atoms with Gasteiger partial charge in [-0.3, -0.25) is 14.4 Å². The SMILES string of the molecule is CCn1nc(C(=O)N(Cc2ccccc2)c2nc3ccc(OC)cc3s2)cc1C. The molecule has 2 aromatic carbocycles. The normalized spacial score (nSPS) is 11.0. The number of rotatable bonds is 6. The van der Waals surface area contributed by atoms with Crippen molar-refractivity contribution in [2.45, 2.75) is 26.9 Å². The van der Waals surface area contributed by atoms with Gasteiger partial charge in [0.1, 0.15) is 5.75 Å². The van der Waals surface area contributed by atoms with Crippen molar-refractivity contribution in [3.05, 3.63) is 71.5 Å². The summed E-state index contributed by atoms with van der Waals surface area (Å²) in [5, 5.41) is 5.12. The maximum Gasteiger partial charge on any atom is 0.280 e. The number of hydrogen-bond donors (Lipinski definition) is 0. The molecule has 148 valence electrons. The molecule has 7 heteroatoms. The molecule has 0 bridgehead atoms. The number of fused-ring (bicyclic) bond motifs is 1. The van der Waals surface area contributed by atoms with Crippen molar-refractivity contribution >= 4 is 32.6 Å². The van der Waals surface area contributed by atoms with Crippen molar-refractivity contribution in [3.63, 3.8) is 0 Å². The molecule has 2 heterocycles. The fraction of sp³-hybridized carbons (Fsp3) is 0.227. The molecule has 0 fully saturated rings. The number of thiazole rings is 1. The van der Waals surface area contributed by atoms with Crippen LogP contribution in [0.2, 0.25) is 0 Å². The summed E-state index contributed by atoms with van der Waals surface area (Å²) < 4.78 is 8.12. The van der Waals surface area contributed by atoms with Crippen molar-refractivity contribution in [1.82, 2.24) is 14.8 Å². The number of methoxy groups -OCH3 is 1. The van der Waals surface area contributed by atoms with Crippen LogP contribution in [-0.4, -0.2) is 27.8 Å². The minimum absolute atomic E-state index is 0.157. The highest BCUT2D eigenvalue weighted by molar-refractivity contribution is 7.22. The Morgan fingerprint density at radius 1 is 1.17 bits per heavy atom. The Balaban J connectivity index is 1.76. The lowest BCUT2D eigenvalue weighted by Crippen LogP contribution is -2.30. The van der Waals surface area contributed by atoms with Crippen LogP contribution in [0.3, 0.4) is 0 Å². The van der Waals surface area contributed by atoms with E-state index in [0.717, 1.165) is 33.8 Å². The lowest BCUT2D eigenvalue weighted by Gasteiger charge is -2.19. The fourth-order valence-electron chi connectivity index (χ4n) is 3.20. The Hall–Kier alpha value is -3.19. The predicted molar refractivity (Wildman–Crippen MR) is 116 cm³/mol. The highest BCUT2D eigenvalue weighted by Gasteiger charge is 2.24. The zero-order valence-corrected chi connectivity index (χ0v) is 17.4. The van der Waals surface area contributed by atoms with Gasteiger partial charge in [-0.1, -0.05) is 41.7 Å². The number of aryl methyl sites for hydroxylation is 2. The maximum atomic E-state index is 13.4. The second-order valence-electron chi connectivity index (χ2n) is 6.69. The number of nitrogens with zero attached hydrogens (tertiary/aromatic N) is 4. The molecular formula is C22H22N4O2S. The summed E-state index contributed by atoms with van der Waals surface area (Å²) in [5.41, 5.74) is 3.26. The summed E-state index contributed by atoms with van der Waals surface area (Å²) in [6.07, 6.45) is 0. The van der Waals surface area contributed by atoms with Crippen molar-refractivity contribution in [1.29, 1.82) is 0 Å². The summed E-state index contributed by atoms with van der Waals surface area (Å²) in [5.74, 6) is 0.612. The molecule has 6 nitrogen and oxygen atoms in total. The zero-order valence-electron chi connectivity index (χ0n) is 16.6. The van der Waals surface area contributed by atoms with E-state index in [-0.39, 0.29) is 5.91 Å². The van der Waals surface area contributed by atoms with E-state index < -0.39 is 0 Å². The molecule has 0 saturated carbocycles. The molecule has 0 aliphatic heterocycles. The Labute approximate surface area is 173 Å². The van der Waals surface area contributed by atoms with E-state index in [9.17, 15) is 4.79 Å². The first-order valence-electron chi connectivity index (χ1n) is 9.44. The molecule has 0 aliphatic carbocycles. The monoisotopic (exact) mass is 406 g/mol. The van der Waals surface area contributed by atoms with Gasteiger partial charge in [0.25, 0.3) is 5.91 Å². The van der Waals surface area contributed by atoms with E-state index in [1.54, 1.807) is 12.0 Å². The van der Waals surface area contributed by atoms with Gasteiger partial charge < -0.3 is 4.74 Å². The van der Waals surface area contributed by atoms with Crippen LogP contribution in [0.4, 0.5) is 5.13 Å². The smallest absolute Gasteiger partial charge is 0.280 e. The molecule has 4 aromatic rings. The number of benzene rings is 2. The standard InChI is InChI=1S/C22H22N4O2S/c1-4-26-15(2)12-19(24-26)21(27)25(14-16-8-6-5-7-9-16)22-23-18-11-10-17(28-3)13-20(18)29-22/h5-13H,4,14H2,1-3H3. The van der Waals surface area contributed by atoms with Crippen molar-refractivity contribution in [3.8, 4) is 5.75 Å². The summed E-state index contributed by atoms with van der Waals surface area (Å²) in [6.45, 7) is 5.11. The minimum Gasteiger partial charge on any atom is -0.497 e. The maximum absolute atomic E-state index is 13.4. The minimum atomic E-state index is -0.157. The first-order valence-corrected chi connectivity index (χ1v) is 10.3. The predicted octanol–water partition coefficient (Wildman–Crippen LogP) is 4.68. The summed E-state index contributed by atoms with van der Waals surface area (Å²) in [4.78, 5) is 19.8. The Morgan fingerprint density at radius 3 is 2.66 bits per heavy atom. The molecule has 0 saturated heterocycles. The molecule has 4 rings (SSSR count). The van der Waals surface area contributed by atoms with Gasteiger partial charge in [-0.05, 0) is 43.7 Å². The third-order valence-corrected chi connectivity index (χ3v) is 5.78. The second kappa shape index (κ2) is 8.05. The largest absolute Gasteiger partial charge is 0.497 e. The van der Waals surface area contributed by atoms with Crippen LogP contribution in [0.25, 0.3) is 10.2 Å². The fourth-order valence-corrected chi connectivity index (χ4v) is 4.19. The molecule has 0 aliphatic rings. The van der Waals surface area contributed by atoms with E-state index in [4.69, 9.17) is 9.72 Å². The van der Waals surface area contributed by atoms with Gasteiger partial charge in [-0.2, -0.15) is 5.10 Å². The number of amides is 1. The first-order chi connectivity index (χ1) is 14.1. The summed E-state index contributed by atoms with van der Waals surface area (Å²) in [7, 11) is 1.64. The summed E-state index contributed by atoms with van der Waals surface area (Å²) >= 11 is 1.47. The van der Waals surface area contributed by atoms with Crippen molar-refractivity contribution < 1.29 is 9.53 Å². The van der Waals surface area contributed by atoms with Crippen LogP contribution in [-0.2, 0) is 13.1 Å². The highest BCUT2D eigenvalue weighted by Crippen LogP contribution is 2.33. The number of carbonyl (C=O) groups excluding carboxylic acids is 1. The van der Waals surface area contributed by atoms with Gasteiger partial charge in [-0.25, -0.2) is 4.98 Å². The molecular weight excluding hydrogens is 384 g/mol. The molecule has 0 N–H and O–H groups in total. The average Bonchev–Trinajstić information content (AvgIpc) is 3.34. The molecule has 0 atom stereocenters. The van der Waals surface area contributed by atoms with E-state index in [0.29, 0.717) is 17.4 Å². The van der Waals surface area contributed by atoms with Gasteiger partial charge in [0.15, 0.2) is 10.8 Å². The topological polar surface area (TPSA) is 60.2 Å². The van der Waals surface area contributed by atoms with Gasteiger partial charge in [0.2, 0.25) is 0 Å². The Morgan fingerprint density at radius 2 is 1.97 bits per heavy atom. The van der Waals surface area contributed by atoms with Crippen LogP contribution in [0.15, 0.2) is 54.6 Å². The number of aromatic nitrogens is 3. The summed E-state index contributed by atoms with van der Waals surface area (Å²) in [6, 6.07) is 17.5. The van der Waals surface area contributed by atoms with Gasteiger partial charge >= 0.3 is 0 Å². The number of anilines is 1. The van der Waals surface area contributed by atoms with Crippen molar-refractivity contribution in [2.24, 2.45) is 0 Å². The van der Waals surface area contributed by atoms with E-state index in [2.05, 4.69) is 5.10 Å². The molecule has 0 spiro atoms. The van der Waals surface area contributed by atoms with E-state index in [1.165, 1.54) is 11.3 Å². The molecule has 2 aromatic heterocycles. The van der Waals surface area contributed by atoms with Crippen LogP contribution in [0.1, 0.15) is 28.7 Å². The quantitative estimate of drug-likeness (QED) is 0.467. The lowest BCUT2D eigenvalue weighted by atomic mass is 10.2. The average molecular weight is 407 g/mol. The van der Waals surface area contributed by atoms with Crippen LogP contribution < -0.4 is 9.64 Å². The number of carbonyl (C=O) groups is 1. The molecule has 1 amide bonds. The highest BCUT2D eigenvalue weighted by atomic mass is 32.1. The van der Waals surface area contributed by atoms with Gasteiger partial charge in [0, 0.05) is 12.2 Å². The van der Waals surface area contributed by atoms with E-state index >= 15 is 0 Å². The van der Waals surface area contributed by atoms with Crippen LogP contribution >= 0.6 is 11.3 Å². The van der Waals surface area contributed by atoms with Gasteiger partial charge in [0.05, 0.1) is 23.9 Å². The van der Waals surface area contributed by atoms with Crippen LogP contribution in [0, 0.1) is 6.92 Å². The Kier molecular flexibility index (Phi) is 5.31. The molecule has 0 unspecified atom stereocenters. The second-order valence-corrected chi connectivity index (χ2v) is 7.70. The van der Waals surface area contributed by atoms with Crippen LogP contribution in [0.5, 0.6) is 5.75 Å². The zero-order chi connectivity index (χ0) is 20.4. The van der Waals surface area contributed by atoms with Crippen molar-refractivity contribution in [2.75, 3.05) is 12.0 Å². The molecule has 29 heavy (non-hydrogen) atoms. The third kappa shape index (κ3) is 3.86. The Bertz CT molecular complexity index is 1150. The lowest BCUT2D eigenvalue weighted by molar-refractivity contribution is 0.0979. The van der Waals surface area contributed by atoms with Gasteiger partial charge in [-0.15, -0.1) is 0 Å². The first kappa shape index (κ1) is 19.1. The molecule has 0 radical (unpaired) electrons. The van der Waals surface area contributed by atoms with E-state index in [1.807, 2.05) is 73.1 Å². The number of hydrogen-bond acceptors (Lipinski definition) is 5. The third-order valence-electron chi connectivity index (χ3n) is 4.74. The number of ether oxygens (including phenoxy) is 1.